The molecule has 0 atom stereocenters. The number of carbonyl (C=O) groups excluding carboxylic acids is 1. The van der Waals surface area contributed by atoms with Gasteiger partial charge in [-0.1, -0.05) is 15.9 Å². The molecule has 0 aromatic heterocycles. The highest BCUT2D eigenvalue weighted by molar-refractivity contribution is 9.10. The number of ether oxygens (including phenoxy) is 1. The van der Waals surface area contributed by atoms with Gasteiger partial charge in [-0.2, -0.15) is 0 Å². The molecule has 0 heterocycles. The summed E-state index contributed by atoms with van der Waals surface area (Å²) >= 11 is 3.31. The van der Waals surface area contributed by atoms with Crippen LogP contribution in [0.5, 0.6) is 5.75 Å². The predicted octanol–water partition coefficient (Wildman–Crippen LogP) is 1.50. The van der Waals surface area contributed by atoms with E-state index in [1.54, 1.807) is 18.2 Å². The van der Waals surface area contributed by atoms with E-state index in [0.717, 1.165) is 14.9 Å². The molecular formula is C11H12BrNO4. The van der Waals surface area contributed by atoms with Crippen LogP contribution in [0.3, 0.4) is 0 Å². The first kappa shape index (κ1) is 13.5. The van der Waals surface area contributed by atoms with Crippen molar-refractivity contribution in [2.24, 2.45) is 0 Å². The Morgan fingerprint density at radius 3 is 2.65 bits per heavy atom. The van der Waals surface area contributed by atoms with E-state index < -0.39 is 11.9 Å². The zero-order valence-electron chi connectivity index (χ0n) is 9.44. The second-order valence-corrected chi connectivity index (χ2v) is 4.34. The molecule has 1 amide bonds. The number of rotatable bonds is 3. The molecule has 1 aromatic carbocycles. The van der Waals surface area contributed by atoms with Crippen molar-refractivity contribution in [3.8, 4) is 5.75 Å². The monoisotopic (exact) mass is 301 g/mol. The second-order valence-electron chi connectivity index (χ2n) is 3.42. The Morgan fingerprint density at radius 2 is 2.12 bits per heavy atom. The van der Waals surface area contributed by atoms with Gasteiger partial charge in [0.15, 0.2) is 0 Å². The second kappa shape index (κ2) is 5.67. The van der Waals surface area contributed by atoms with Crippen LogP contribution in [0.2, 0.25) is 0 Å². The normalized spacial score (nSPS) is 9.82. The fourth-order valence-electron chi connectivity index (χ4n) is 1.36. The van der Waals surface area contributed by atoms with Crippen molar-refractivity contribution in [1.82, 2.24) is 4.90 Å². The summed E-state index contributed by atoms with van der Waals surface area (Å²) in [5.74, 6) is -1.81. The molecular weight excluding hydrogens is 290 g/mol. The summed E-state index contributed by atoms with van der Waals surface area (Å²) < 4.78 is 5.97. The van der Waals surface area contributed by atoms with E-state index in [9.17, 15) is 9.59 Å². The first-order chi connectivity index (χ1) is 7.95. The van der Waals surface area contributed by atoms with Crippen molar-refractivity contribution in [3.63, 3.8) is 0 Å². The van der Waals surface area contributed by atoms with E-state index >= 15 is 0 Å². The predicted molar refractivity (Wildman–Crippen MR) is 64.8 cm³/mol. The third kappa shape index (κ3) is 3.45. The number of amides is 1. The molecule has 0 aliphatic heterocycles. The number of nitrogens with zero attached hydrogens (tertiary/aromatic N) is 1. The van der Waals surface area contributed by atoms with Crippen LogP contribution < -0.4 is 4.74 Å². The Hall–Kier alpha value is -1.56. The van der Waals surface area contributed by atoms with Crippen molar-refractivity contribution >= 4 is 27.8 Å². The number of aliphatic carboxylic acids is 1. The molecule has 17 heavy (non-hydrogen) atoms. The number of hydrogen-bond acceptors (Lipinski definition) is 3. The van der Waals surface area contributed by atoms with Gasteiger partial charge in [0.05, 0.1) is 7.11 Å². The maximum Gasteiger partial charge on any atom is 0.394 e. The van der Waals surface area contributed by atoms with Crippen molar-refractivity contribution in [3.05, 3.63) is 28.2 Å². The first-order valence-electron chi connectivity index (χ1n) is 4.76. The van der Waals surface area contributed by atoms with Gasteiger partial charge in [-0.15, -0.1) is 0 Å². The van der Waals surface area contributed by atoms with Gasteiger partial charge in [-0.25, -0.2) is 4.79 Å². The lowest BCUT2D eigenvalue weighted by Gasteiger charge is -2.16. The number of carbonyl (C=O) groups is 2. The number of benzene rings is 1. The summed E-state index contributed by atoms with van der Waals surface area (Å²) in [6.45, 7) is 0.174. The highest BCUT2D eigenvalue weighted by atomic mass is 79.9. The van der Waals surface area contributed by atoms with E-state index in [2.05, 4.69) is 15.9 Å². The molecule has 0 unspecified atom stereocenters. The number of carboxylic acid groups (broad SMARTS) is 1. The van der Waals surface area contributed by atoms with Crippen LogP contribution in [0.1, 0.15) is 5.56 Å². The fourth-order valence-corrected chi connectivity index (χ4v) is 1.77. The molecule has 0 spiro atoms. The summed E-state index contributed by atoms with van der Waals surface area (Å²) in [6, 6.07) is 5.34. The first-order valence-corrected chi connectivity index (χ1v) is 5.55. The van der Waals surface area contributed by atoms with Crippen molar-refractivity contribution < 1.29 is 19.4 Å². The summed E-state index contributed by atoms with van der Waals surface area (Å²) in [5, 5.41) is 8.58. The summed E-state index contributed by atoms with van der Waals surface area (Å²) in [6.07, 6.45) is 0. The zero-order valence-corrected chi connectivity index (χ0v) is 11.0. The molecule has 0 fully saturated rings. The molecule has 6 heteroatoms. The average Bonchev–Trinajstić information content (AvgIpc) is 2.28. The van der Waals surface area contributed by atoms with Crippen LogP contribution in [-0.2, 0) is 16.1 Å². The lowest BCUT2D eigenvalue weighted by molar-refractivity contribution is -0.155. The van der Waals surface area contributed by atoms with Gasteiger partial charge in [0.2, 0.25) is 0 Å². The summed E-state index contributed by atoms with van der Waals surface area (Å²) in [4.78, 5) is 22.8. The van der Waals surface area contributed by atoms with E-state index in [1.807, 2.05) is 0 Å². The Bertz CT molecular complexity index is 447. The minimum Gasteiger partial charge on any atom is -0.496 e. The maximum absolute atomic E-state index is 11.2. The molecule has 5 nitrogen and oxygen atoms in total. The lowest BCUT2D eigenvalue weighted by Crippen LogP contribution is -2.32. The van der Waals surface area contributed by atoms with Crippen molar-refractivity contribution in [2.75, 3.05) is 14.2 Å². The molecule has 0 aliphatic carbocycles. The van der Waals surface area contributed by atoms with Crippen LogP contribution >= 0.6 is 15.9 Å². The Kier molecular flexibility index (Phi) is 4.51. The Balaban J connectivity index is 2.90. The maximum atomic E-state index is 11.2. The quantitative estimate of drug-likeness (QED) is 0.859. The summed E-state index contributed by atoms with van der Waals surface area (Å²) in [5.41, 5.74) is 0.735. The number of carboxylic acids is 1. The van der Waals surface area contributed by atoms with Gasteiger partial charge >= 0.3 is 11.9 Å². The molecule has 0 radical (unpaired) electrons. The number of methoxy groups -OCH3 is 1. The average molecular weight is 302 g/mol. The number of halogens is 1. The highest BCUT2D eigenvalue weighted by Gasteiger charge is 2.18. The molecule has 92 valence electrons. The molecule has 0 bridgehead atoms. The zero-order chi connectivity index (χ0) is 13.0. The van der Waals surface area contributed by atoms with Crippen LogP contribution in [0, 0.1) is 0 Å². The third-order valence-corrected chi connectivity index (χ3v) is 2.67. The van der Waals surface area contributed by atoms with Gasteiger partial charge in [0.1, 0.15) is 5.75 Å². The van der Waals surface area contributed by atoms with Gasteiger partial charge < -0.3 is 14.7 Å². The molecule has 1 aromatic rings. The van der Waals surface area contributed by atoms with Crippen molar-refractivity contribution in [1.29, 1.82) is 0 Å². The Morgan fingerprint density at radius 1 is 1.47 bits per heavy atom. The Labute approximate surface area is 107 Å². The van der Waals surface area contributed by atoms with Crippen molar-refractivity contribution in [2.45, 2.75) is 6.54 Å². The minimum absolute atomic E-state index is 0.174. The molecule has 1 rings (SSSR count). The molecule has 0 aliphatic rings. The van der Waals surface area contributed by atoms with Gasteiger partial charge in [-0.05, 0) is 18.2 Å². The molecule has 1 N–H and O–H groups in total. The standard InChI is InChI=1S/C11H12BrNO4/c1-13(10(14)11(15)16)6-7-5-8(12)3-4-9(7)17-2/h3-5H,6H2,1-2H3,(H,15,16). The molecule has 0 saturated heterocycles. The van der Waals surface area contributed by atoms with Crippen LogP contribution in [0.4, 0.5) is 0 Å². The van der Waals surface area contributed by atoms with E-state index in [0.29, 0.717) is 5.75 Å². The SMILES string of the molecule is COc1ccc(Br)cc1CN(C)C(=O)C(=O)O. The van der Waals surface area contributed by atoms with Crippen LogP contribution in [0.25, 0.3) is 0 Å². The third-order valence-electron chi connectivity index (χ3n) is 2.18. The van der Waals surface area contributed by atoms with Gasteiger partial charge in [-0.3, -0.25) is 4.79 Å². The summed E-state index contributed by atoms with van der Waals surface area (Å²) in [7, 11) is 2.95. The topological polar surface area (TPSA) is 66.8 Å². The fraction of sp³-hybridized carbons (Fsp3) is 0.273. The lowest BCUT2D eigenvalue weighted by atomic mass is 10.2. The van der Waals surface area contributed by atoms with Crippen LogP contribution in [0.15, 0.2) is 22.7 Å². The minimum atomic E-state index is -1.47. The van der Waals surface area contributed by atoms with E-state index in [1.165, 1.54) is 14.2 Å². The largest absolute Gasteiger partial charge is 0.496 e. The number of hydrogen-bond donors (Lipinski definition) is 1. The van der Waals surface area contributed by atoms with E-state index in [4.69, 9.17) is 9.84 Å². The van der Waals surface area contributed by atoms with E-state index in [-0.39, 0.29) is 6.54 Å². The highest BCUT2D eigenvalue weighted by Crippen LogP contribution is 2.23. The number of likely N-dealkylation sites (N-methyl/N-ethyl adjacent to an activating group) is 1. The van der Waals surface area contributed by atoms with Crippen LogP contribution in [-0.4, -0.2) is 36.0 Å². The van der Waals surface area contributed by atoms with Gasteiger partial charge in [0.25, 0.3) is 0 Å². The molecule has 0 saturated carbocycles. The van der Waals surface area contributed by atoms with Gasteiger partial charge in [0, 0.05) is 23.6 Å². The smallest absolute Gasteiger partial charge is 0.394 e.